The molecule has 1 heterocycles. The number of anilines is 1. The second-order valence-corrected chi connectivity index (χ2v) is 4.22. The van der Waals surface area contributed by atoms with Gasteiger partial charge in [-0.25, -0.2) is 4.98 Å². The second-order valence-electron chi connectivity index (χ2n) is 4.22. The number of amides is 1. The number of carbonyl (C=O) groups excluding carboxylic acids is 1. The molecular formula is C13H17N5O2. The molecule has 0 bridgehead atoms. The average molecular weight is 275 g/mol. The quantitative estimate of drug-likeness (QED) is 0.713. The Bertz CT molecular complexity index is 582. The lowest BCUT2D eigenvalue weighted by Crippen LogP contribution is -2.28. The summed E-state index contributed by atoms with van der Waals surface area (Å²) >= 11 is 0. The highest BCUT2D eigenvalue weighted by molar-refractivity contribution is 5.98. The minimum Gasteiger partial charge on any atom is -0.491 e. The van der Waals surface area contributed by atoms with E-state index in [9.17, 15) is 4.79 Å². The summed E-state index contributed by atoms with van der Waals surface area (Å²) in [5, 5.41) is 9.28. The molecule has 0 saturated carbocycles. The van der Waals surface area contributed by atoms with Gasteiger partial charge in [0.25, 0.3) is 5.91 Å². The SMILES string of the molecule is CCOc1c(N)cccc1C(=O)NC(C)c1ncn[nH]1. The van der Waals surface area contributed by atoms with Crippen molar-refractivity contribution in [1.29, 1.82) is 0 Å². The summed E-state index contributed by atoms with van der Waals surface area (Å²) < 4.78 is 5.44. The van der Waals surface area contributed by atoms with Gasteiger partial charge >= 0.3 is 0 Å². The lowest BCUT2D eigenvalue weighted by molar-refractivity contribution is 0.0934. The van der Waals surface area contributed by atoms with E-state index in [4.69, 9.17) is 10.5 Å². The minimum absolute atomic E-state index is 0.273. The van der Waals surface area contributed by atoms with Gasteiger partial charge in [-0.2, -0.15) is 5.10 Å². The molecule has 4 N–H and O–H groups in total. The number of aromatic amines is 1. The molecule has 1 aromatic carbocycles. The number of carbonyl (C=O) groups is 1. The molecule has 1 unspecified atom stereocenters. The van der Waals surface area contributed by atoms with Gasteiger partial charge in [0.1, 0.15) is 12.2 Å². The van der Waals surface area contributed by atoms with E-state index < -0.39 is 0 Å². The molecular weight excluding hydrogens is 258 g/mol. The Labute approximate surface area is 116 Å². The van der Waals surface area contributed by atoms with Crippen molar-refractivity contribution in [2.75, 3.05) is 12.3 Å². The zero-order chi connectivity index (χ0) is 14.5. The molecule has 0 spiro atoms. The Kier molecular flexibility index (Phi) is 4.19. The second kappa shape index (κ2) is 6.05. The standard InChI is InChI=1S/C13H17N5O2/c1-3-20-11-9(5-4-6-10(11)14)13(19)17-8(2)12-15-7-16-18-12/h4-8H,3,14H2,1-2H3,(H,17,19)(H,15,16,18). The molecule has 1 atom stereocenters. The molecule has 2 aromatic rings. The van der Waals surface area contributed by atoms with Crippen molar-refractivity contribution in [3.63, 3.8) is 0 Å². The van der Waals surface area contributed by atoms with E-state index in [1.165, 1.54) is 6.33 Å². The molecule has 2 rings (SSSR count). The maximum atomic E-state index is 12.3. The van der Waals surface area contributed by atoms with Crippen molar-refractivity contribution in [1.82, 2.24) is 20.5 Å². The van der Waals surface area contributed by atoms with Crippen molar-refractivity contribution >= 4 is 11.6 Å². The molecule has 7 nitrogen and oxygen atoms in total. The van der Waals surface area contributed by atoms with Crippen LogP contribution in [-0.2, 0) is 0 Å². The Balaban J connectivity index is 2.19. The predicted octanol–water partition coefficient (Wildman–Crippen LogP) is 1.28. The lowest BCUT2D eigenvalue weighted by Gasteiger charge is -2.15. The van der Waals surface area contributed by atoms with E-state index in [-0.39, 0.29) is 11.9 Å². The van der Waals surface area contributed by atoms with Crippen LogP contribution in [-0.4, -0.2) is 27.7 Å². The van der Waals surface area contributed by atoms with E-state index in [1.807, 2.05) is 13.8 Å². The lowest BCUT2D eigenvalue weighted by atomic mass is 10.1. The number of nitrogens with two attached hydrogens (primary N) is 1. The number of ether oxygens (including phenoxy) is 1. The fourth-order valence-corrected chi connectivity index (χ4v) is 1.81. The van der Waals surface area contributed by atoms with E-state index in [0.717, 1.165) is 0 Å². The fraction of sp³-hybridized carbons (Fsp3) is 0.308. The largest absolute Gasteiger partial charge is 0.491 e. The summed E-state index contributed by atoms with van der Waals surface area (Å²) in [6, 6.07) is 4.79. The van der Waals surface area contributed by atoms with Crippen molar-refractivity contribution in [2.45, 2.75) is 19.9 Å². The van der Waals surface area contributed by atoms with Crippen molar-refractivity contribution in [3.05, 3.63) is 35.9 Å². The van der Waals surface area contributed by atoms with Gasteiger partial charge in [-0.1, -0.05) is 6.07 Å². The van der Waals surface area contributed by atoms with Crippen LogP contribution in [0.4, 0.5) is 5.69 Å². The highest BCUT2D eigenvalue weighted by Crippen LogP contribution is 2.26. The summed E-state index contributed by atoms with van der Waals surface area (Å²) in [5.74, 6) is 0.710. The summed E-state index contributed by atoms with van der Waals surface area (Å²) in [7, 11) is 0. The smallest absolute Gasteiger partial charge is 0.255 e. The number of benzene rings is 1. The first-order valence-corrected chi connectivity index (χ1v) is 6.31. The van der Waals surface area contributed by atoms with Gasteiger partial charge in [-0.15, -0.1) is 0 Å². The molecule has 7 heteroatoms. The van der Waals surface area contributed by atoms with Gasteiger partial charge in [0.15, 0.2) is 5.75 Å². The fourth-order valence-electron chi connectivity index (χ4n) is 1.81. The van der Waals surface area contributed by atoms with Gasteiger partial charge < -0.3 is 15.8 Å². The van der Waals surface area contributed by atoms with Crippen molar-refractivity contribution in [3.8, 4) is 5.75 Å². The van der Waals surface area contributed by atoms with Gasteiger partial charge in [0.2, 0.25) is 0 Å². The molecule has 1 amide bonds. The van der Waals surface area contributed by atoms with Gasteiger partial charge in [0, 0.05) is 0 Å². The van der Waals surface area contributed by atoms with E-state index >= 15 is 0 Å². The molecule has 106 valence electrons. The molecule has 0 aliphatic carbocycles. The molecule has 0 aliphatic rings. The zero-order valence-corrected chi connectivity index (χ0v) is 11.4. The topological polar surface area (TPSA) is 106 Å². The van der Waals surface area contributed by atoms with Gasteiger partial charge in [0.05, 0.1) is 23.9 Å². The number of aromatic nitrogens is 3. The highest BCUT2D eigenvalue weighted by Gasteiger charge is 2.18. The summed E-state index contributed by atoms with van der Waals surface area (Å²) in [6.07, 6.45) is 1.39. The van der Waals surface area contributed by atoms with Crippen molar-refractivity contribution in [2.24, 2.45) is 0 Å². The van der Waals surface area contributed by atoms with E-state index in [2.05, 4.69) is 20.5 Å². The number of nitrogens with zero attached hydrogens (tertiary/aromatic N) is 2. The number of nitrogen functional groups attached to an aromatic ring is 1. The molecule has 0 radical (unpaired) electrons. The van der Waals surface area contributed by atoms with Crippen molar-refractivity contribution < 1.29 is 9.53 Å². The number of H-pyrrole nitrogens is 1. The summed E-state index contributed by atoms with van der Waals surface area (Å²) in [4.78, 5) is 16.3. The maximum absolute atomic E-state index is 12.3. The highest BCUT2D eigenvalue weighted by atomic mass is 16.5. The maximum Gasteiger partial charge on any atom is 0.255 e. The number of nitrogens with one attached hydrogen (secondary N) is 2. The third-order valence-corrected chi connectivity index (χ3v) is 2.77. The van der Waals surface area contributed by atoms with Crippen LogP contribution in [0.1, 0.15) is 36.1 Å². The Morgan fingerprint density at radius 3 is 3.00 bits per heavy atom. The van der Waals surface area contributed by atoms with Gasteiger partial charge in [-0.05, 0) is 26.0 Å². The summed E-state index contributed by atoms with van der Waals surface area (Å²) in [5.41, 5.74) is 6.68. The summed E-state index contributed by atoms with van der Waals surface area (Å²) in [6.45, 7) is 4.09. The van der Waals surface area contributed by atoms with Crippen LogP contribution in [0, 0.1) is 0 Å². The van der Waals surface area contributed by atoms with Crippen LogP contribution < -0.4 is 15.8 Å². The average Bonchev–Trinajstić information content (AvgIpc) is 2.95. The molecule has 1 aromatic heterocycles. The number of rotatable bonds is 5. The van der Waals surface area contributed by atoms with Gasteiger partial charge in [-0.3, -0.25) is 9.89 Å². The van der Waals surface area contributed by atoms with Crippen LogP contribution in [0.3, 0.4) is 0 Å². The normalized spacial score (nSPS) is 11.9. The predicted molar refractivity (Wildman–Crippen MR) is 74.3 cm³/mol. The van der Waals surface area contributed by atoms with E-state index in [0.29, 0.717) is 29.4 Å². The number of hydrogen-bond acceptors (Lipinski definition) is 5. The van der Waals surface area contributed by atoms with Crippen LogP contribution in [0.15, 0.2) is 24.5 Å². The zero-order valence-electron chi connectivity index (χ0n) is 11.4. The Morgan fingerprint density at radius 2 is 2.35 bits per heavy atom. The molecule has 0 fully saturated rings. The third-order valence-electron chi connectivity index (χ3n) is 2.77. The molecule has 0 aliphatic heterocycles. The first kappa shape index (κ1) is 13.9. The Hall–Kier alpha value is -2.57. The van der Waals surface area contributed by atoms with Crippen LogP contribution in [0.2, 0.25) is 0 Å². The van der Waals surface area contributed by atoms with Crippen LogP contribution >= 0.6 is 0 Å². The number of para-hydroxylation sites is 1. The molecule has 20 heavy (non-hydrogen) atoms. The van der Waals surface area contributed by atoms with E-state index in [1.54, 1.807) is 18.2 Å². The monoisotopic (exact) mass is 275 g/mol. The third kappa shape index (κ3) is 2.87. The molecule has 0 saturated heterocycles. The van der Waals surface area contributed by atoms with Crippen LogP contribution in [0.25, 0.3) is 0 Å². The first-order chi connectivity index (χ1) is 9.63. The van der Waals surface area contributed by atoms with Crippen LogP contribution in [0.5, 0.6) is 5.75 Å². The minimum atomic E-state index is -0.291. The Morgan fingerprint density at radius 1 is 1.55 bits per heavy atom. The first-order valence-electron chi connectivity index (χ1n) is 6.31. The number of hydrogen-bond donors (Lipinski definition) is 3.